The molecular formula is C18H21N3O3. The van der Waals surface area contributed by atoms with E-state index in [1.807, 2.05) is 48.7 Å². The highest BCUT2D eigenvalue weighted by atomic mass is 16.6. The van der Waals surface area contributed by atoms with Crippen molar-refractivity contribution in [3.8, 4) is 0 Å². The molecule has 2 amide bonds. The van der Waals surface area contributed by atoms with Gasteiger partial charge in [0.25, 0.3) is 0 Å². The fourth-order valence-corrected chi connectivity index (χ4v) is 2.70. The molecule has 126 valence electrons. The lowest BCUT2D eigenvalue weighted by atomic mass is 10.2. The van der Waals surface area contributed by atoms with Crippen LogP contribution in [0.1, 0.15) is 11.3 Å². The predicted octanol–water partition coefficient (Wildman–Crippen LogP) is 2.04. The number of carbonyl (C=O) groups is 2. The van der Waals surface area contributed by atoms with E-state index in [4.69, 9.17) is 4.74 Å². The Balaban J connectivity index is 1.42. The lowest BCUT2D eigenvalue weighted by Crippen LogP contribution is -2.51. The molecule has 0 spiro atoms. The van der Waals surface area contributed by atoms with E-state index < -0.39 is 0 Å². The van der Waals surface area contributed by atoms with Gasteiger partial charge >= 0.3 is 6.09 Å². The number of carbonyl (C=O) groups excluding carboxylic acids is 2. The summed E-state index contributed by atoms with van der Waals surface area (Å²) in [6.45, 7) is 2.36. The van der Waals surface area contributed by atoms with E-state index in [1.165, 1.54) is 0 Å². The first kappa shape index (κ1) is 16.1. The average Bonchev–Trinajstić information content (AvgIpc) is 3.13. The molecule has 0 unspecified atom stereocenters. The fourth-order valence-electron chi connectivity index (χ4n) is 2.70. The van der Waals surface area contributed by atoms with Crippen molar-refractivity contribution in [1.82, 2.24) is 14.8 Å². The largest absolute Gasteiger partial charge is 0.445 e. The number of rotatable bonds is 4. The fraction of sp³-hybridized carbons (Fsp3) is 0.333. The zero-order valence-electron chi connectivity index (χ0n) is 13.5. The lowest BCUT2D eigenvalue weighted by molar-refractivity contribution is -0.132. The number of ether oxygens (including phenoxy) is 1. The Morgan fingerprint density at radius 2 is 1.67 bits per heavy atom. The molecule has 1 aromatic heterocycles. The van der Waals surface area contributed by atoms with E-state index in [9.17, 15) is 9.59 Å². The van der Waals surface area contributed by atoms with E-state index in [0.29, 0.717) is 32.6 Å². The third kappa shape index (κ3) is 4.16. The molecule has 6 heteroatoms. The molecule has 2 heterocycles. The number of benzene rings is 1. The number of hydrogen-bond donors (Lipinski definition) is 1. The minimum absolute atomic E-state index is 0.0785. The van der Waals surface area contributed by atoms with Crippen LogP contribution in [-0.2, 0) is 22.6 Å². The van der Waals surface area contributed by atoms with E-state index in [2.05, 4.69) is 4.98 Å². The van der Waals surface area contributed by atoms with Crippen LogP contribution >= 0.6 is 0 Å². The van der Waals surface area contributed by atoms with Crippen LogP contribution in [0.5, 0.6) is 0 Å². The molecule has 0 atom stereocenters. The van der Waals surface area contributed by atoms with Gasteiger partial charge in [0.05, 0.1) is 6.42 Å². The molecule has 24 heavy (non-hydrogen) atoms. The van der Waals surface area contributed by atoms with Crippen LogP contribution in [0.25, 0.3) is 0 Å². The molecular weight excluding hydrogens is 306 g/mol. The summed E-state index contributed by atoms with van der Waals surface area (Å²) in [6.07, 6.45) is 1.85. The standard InChI is InChI=1S/C18H21N3O3/c22-17(13-16-7-4-8-19-16)20-9-11-21(12-10-20)18(23)24-14-15-5-2-1-3-6-15/h1-8,19H,9-14H2. The molecule has 1 aliphatic heterocycles. The summed E-state index contributed by atoms with van der Waals surface area (Å²) in [5.74, 6) is 0.0785. The van der Waals surface area contributed by atoms with Gasteiger partial charge < -0.3 is 19.5 Å². The zero-order valence-corrected chi connectivity index (χ0v) is 13.5. The smallest absolute Gasteiger partial charge is 0.410 e. The molecule has 0 saturated carbocycles. The normalized spacial score (nSPS) is 14.5. The first-order valence-electron chi connectivity index (χ1n) is 8.08. The van der Waals surface area contributed by atoms with Crippen LogP contribution < -0.4 is 0 Å². The van der Waals surface area contributed by atoms with Crippen LogP contribution in [0.2, 0.25) is 0 Å². The van der Waals surface area contributed by atoms with Crippen LogP contribution in [0, 0.1) is 0 Å². The van der Waals surface area contributed by atoms with Crippen LogP contribution in [-0.4, -0.2) is 53.0 Å². The molecule has 0 bridgehead atoms. The first-order valence-corrected chi connectivity index (χ1v) is 8.08. The topological polar surface area (TPSA) is 65.6 Å². The van der Waals surface area contributed by atoms with Gasteiger partial charge in [0.1, 0.15) is 6.61 Å². The predicted molar refractivity (Wildman–Crippen MR) is 89.3 cm³/mol. The summed E-state index contributed by atoms with van der Waals surface area (Å²) in [4.78, 5) is 30.8. The molecule has 1 N–H and O–H groups in total. The van der Waals surface area contributed by atoms with Crippen LogP contribution in [0.4, 0.5) is 4.79 Å². The van der Waals surface area contributed by atoms with Crippen molar-refractivity contribution in [2.75, 3.05) is 26.2 Å². The van der Waals surface area contributed by atoms with E-state index in [0.717, 1.165) is 11.3 Å². The molecule has 0 radical (unpaired) electrons. The Morgan fingerprint density at radius 1 is 0.958 bits per heavy atom. The number of aromatic nitrogens is 1. The van der Waals surface area contributed by atoms with Gasteiger partial charge in [-0.1, -0.05) is 30.3 Å². The van der Waals surface area contributed by atoms with Gasteiger partial charge in [0.15, 0.2) is 0 Å². The third-order valence-electron chi connectivity index (χ3n) is 4.10. The minimum atomic E-state index is -0.324. The Kier molecular flexibility index (Phi) is 5.15. The Hall–Kier alpha value is -2.76. The molecule has 3 rings (SSSR count). The van der Waals surface area contributed by atoms with E-state index in [-0.39, 0.29) is 18.6 Å². The van der Waals surface area contributed by atoms with Crippen molar-refractivity contribution < 1.29 is 14.3 Å². The second-order valence-electron chi connectivity index (χ2n) is 5.78. The van der Waals surface area contributed by atoms with E-state index in [1.54, 1.807) is 9.80 Å². The van der Waals surface area contributed by atoms with Crippen molar-refractivity contribution >= 4 is 12.0 Å². The minimum Gasteiger partial charge on any atom is -0.445 e. The monoisotopic (exact) mass is 327 g/mol. The number of piperazine rings is 1. The highest BCUT2D eigenvalue weighted by Gasteiger charge is 2.25. The molecule has 6 nitrogen and oxygen atoms in total. The third-order valence-corrected chi connectivity index (χ3v) is 4.10. The molecule has 1 aliphatic rings. The second kappa shape index (κ2) is 7.68. The van der Waals surface area contributed by atoms with Gasteiger partial charge in [-0.2, -0.15) is 0 Å². The number of hydrogen-bond acceptors (Lipinski definition) is 3. The lowest BCUT2D eigenvalue weighted by Gasteiger charge is -2.34. The Bertz CT molecular complexity index is 662. The molecule has 1 aromatic carbocycles. The molecule has 0 aliphatic carbocycles. The van der Waals surface area contributed by atoms with Gasteiger partial charge in [-0.05, 0) is 17.7 Å². The second-order valence-corrected chi connectivity index (χ2v) is 5.78. The zero-order chi connectivity index (χ0) is 16.8. The van der Waals surface area contributed by atoms with E-state index >= 15 is 0 Å². The number of amides is 2. The van der Waals surface area contributed by atoms with Crippen LogP contribution in [0.3, 0.4) is 0 Å². The quantitative estimate of drug-likeness (QED) is 0.934. The summed E-state index contributed by atoms with van der Waals surface area (Å²) in [6, 6.07) is 13.4. The summed E-state index contributed by atoms with van der Waals surface area (Å²) in [7, 11) is 0. The van der Waals surface area contributed by atoms with Crippen molar-refractivity contribution in [1.29, 1.82) is 0 Å². The Morgan fingerprint density at radius 3 is 2.33 bits per heavy atom. The van der Waals surface area contributed by atoms with Crippen molar-refractivity contribution in [3.63, 3.8) is 0 Å². The number of nitrogens with one attached hydrogen (secondary N) is 1. The first-order chi connectivity index (χ1) is 11.7. The SMILES string of the molecule is O=C(Cc1ccc[nH]1)N1CCN(C(=O)OCc2ccccc2)CC1. The average molecular weight is 327 g/mol. The summed E-state index contributed by atoms with van der Waals surface area (Å²) in [5.41, 5.74) is 1.87. The van der Waals surface area contributed by atoms with Gasteiger partial charge in [0, 0.05) is 38.1 Å². The van der Waals surface area contributed by atoms with Crippen molar-refractivity contribution in [2.45, 2.75) is 13.0 Å². The maximum Gasteiger partial charge on any atom is 0.410 e. The Labute approximate surface area is 141 Å². The van der Waals surface area contributed by atoms with Gasteiger partial charge in [-0.25, -0.2) is 4.79 Å². The number of aromatic amines is 1. The van der Waals surface area contributed by atoms with Crippen LogP contribution in [0.15, 0.2) is 48.7 Å². The van der Waals surface area contributed by atoms with Gasteiger partial charge in [0.2, 0.25) is 5.91 Å². The van der Waals surface area contributed by atoms with Crippen molar-refractivity contribution in [3.05, 3.63) is 59.9 Å². The van der Waals surface area contributed by atoms with Gasteiger partial charge in [-0.15, -0.1) is 0 Å². The molecule has 1 fully saturated rings. The maximum atomic E-state index is 12.2. The van der Waals surface area contributed by atoms with Crippen molar-refractivity contribution in [2.24, 2.45) is 0 Å². The number of H-pyrrole nitrogens is 1. The number of nitrogens with zero attached hydrogens (tertiary/aromatic N) is 2. The maximum absolute atomic E-state index is 12.2. The highest BCUT2D eigenvalue weighted by Crippen LogP contribution is 2.08. The highest BCUT2D eigenvalue weighted by molar-refractivity contribution is 5.78. The molecule has 2 aromatic rings. The molecule has 1 saturated heterocycles. The summed E-state index contributed by atoms with van der Waals surface area (Å²) < 4.78 is 5.33. The summed E-state index contributed by atoms with van der Waals surface area (Å²) in [5, 5.41) is 0. The van der Waals surface area contributed by atoms with Gasteiger partial charge in [-0.3, -0.25) is 4.79 Å². The summed E-state index contributed by atoms with van der Waals surface area (Å²) >= 11 is 0.